The van der Waals surface area contributed by atoms with E-state index in [9.17, 15) is 9.59 Å². The molecule has 1 aromatic heterocycles. The number of nitrogens with zero attached hydrogens (tertiary/aromatic N) is 1. The molecule has 1 fully saturated rings. The van der Waals surface area contributed by atoms with E-state index in [1.807, 2.05) is 121 Å². The summed E-state index contributed by atoms with van der Waals surface area (Å²) in [5.41, 5.74) is 2.59. The second kappa shape index (κ2) is 18.0. The van der Waals surface area contributed by atoms with E-state index in [0.717, 1.165) is 37.3 Å². The summed E-state index contributed by atoms with van der Waals surface area (Å²) >= 11 is -0.290. The van der Waals surface area contributed by atoms with Crippen LogP contribution in [0.4, 0.5) is 0 Å². The van der Waals surface area contributed by atoms with Crippen molar-refractivity contribution < 1.29 is 18.6 Å². The fourth-order valence-corrected chi connectivity index (χ4v) is 14.2. The number of ether oxygens (including phenoxy) is 3. The van der Waals surface area contributed by atoms with Crippen molar-refractivity contribution in [1.29, 1.82) is 0 Å². The van der Waals surface area contributed by atoms with Crippen molar-refractivity contribution >= 4 is 38.1 Å². The standard InChI is InChI=1S/C49H44N2O6SeSi/c1-3-59(41-25-15-7-16-26-41,42-27-17-8-18-28-42)57-45-43(56-47(51-34-33-44(52)50-48(51)53)46(45)58-40-23-13-6-14-24-40)35-55-49(36-19-9-4-10-20-36,37-21-11-5-12-22-37)38-29-31-39(54-2)32-30-38/h3-34,43,45-47H,1,35H2,2H3,(H,50,52,53)/t43-,45-,46-,47-/m1/s1. The van der Waals surface area contributed by atoms with Gasteiger partial charge >= 0.3 is 353 Å². The van der Waals surface area contributed by atoms with Gasteiger partial charge in [-0.25, -0.2) is 0 Å². The Balaban J connectivity index is 1.31. The molecule has 2 heterocycles. The average molecular weight is 864 g/mol. The molecule has 1 aliphatic heterocycles. The van der Waals surface area contributed by atoms with E-state index in [1.54, 1.807) is 7.11 Å². The van der Waals surface area contributed by atoms with Crippen molar-refractivity contribution in [2.75, 3.05) is 13.7 Å². The van der Waals surface area contributed by atoms with Crippen LogP contribution in [0.2, 0.25) is 4.82 Å². The zero-order chi connectivity index (χ0) is 40.7. The van der Waals surface area contributed by atoms with E-state index >= 15 is 0 Å². The van der Waals surface area contributed by atoms with E-state index in [2.05, 4.69) is 72.2 Å². The predicted molar refractivity (Wildman–Crippen MR) is 236 cm³/mol. The maximum absolute atomic E-state index is 13.7. The van der Waals surface area contributed by atoms with Gasteiger partial charge in [-0.3, -0.25) is 0 Å². The third-order valence-electron chi connectivity index (χ3n) is 10.8. The van der Waals surface area contributed by atoms with Gasteiger partial charge in [0.15, 0.2) is 0 Å². The summed E-state index contributed by atoms with van der Waals surface area (Å²) in [6, 6.07) is 60.4. The Morgan fingerprint density at radius 3 is 1.73 bits per heavy atom. The first-order chi connectivity index (χ1) is 28.9. The minimum absolute atomic E-state index is 0.0711. The summed E-state index contributed by atoms with van der Waals surface area (Å²) in [6.45, 7) is 4.52. The Morgan fingerprint density at radius 1 is 0.712 bits per heavy atom. The molecule has 0 bridgehead atoms. The number of aromatic amines is 1. The second-order valence-electron chi connectivity index (χ2n) is 14.2. The Morgan fingerprint density at radius 2 is 1.22 bits per heavy atom. The van der Waals surface area contributed by atoms with Gasteiger partial charge in [-0.1, -0.05) is 0 Å². The van der Waals surface area contributed by atoms with E-state index < -0.39 is 43.6 Å². The van der Waals surface area contributed by atoms with Gasteiger partial charge in [0.25, 0.3) is 0 Å². The van der Waals surface area contributed by atoms with E-state index in [1.165, 1.54) is 16.8 Å². The number of benzene rings is 6. The quantitative estimate of drug-likeness (QED) is 0.0985. The second-order valence-corrected chi connectivity index (χ2v) is 20.1. The zero-order valence-corrected chi connectivity index (χ0v) is 35.2. The Hall–Kier alpha value is -5.84. The molecule has 10 heteroatoms. The fraction of sp³-hybridized carbons (Fsp3) is 0.143. The van der Waals surface area contributed by atoms with E-state index in [-0.39, 0.29) is 26.4 Å². The first-order valence-electron chi connectivity index (χ1n) is 19.5. The van der Waals surface area contributed by atoms with Crippen molar-refractivity contribution in [3.63, 3.8) is 0 Å². The molecule has 1 aliphatic rings. The summed E-state index contributed by atoms with van der Waals surface area (Å²) in [4.78, 5) is 28.2. The topological polar surface area (TPSA) is 91.8 Å². The van der Waals surface area contributed by atoms with Crippen LogP contribution in [0.1, 0.15) is 22.9 Å². The number of hydrogen-bond acceptors (Lipinski definition) is 6. The van der Waals surface area contributed by atoms with Crippen molar-refractivity contribution in [3.05, 3.63) is 238 Å². The Bertz CT molecular complexity index is 2480. The van der Waals surface area contributed by atoms with Crippen molar-refractivity contribution in [1.82, 2.24) is 9.55 Å². The molecule has 8 rings (SSSR count). The molecule has 6 aromatic carbocycles. The van der Waals surface area contributed by atoms with Gasteiger partial charge in [0.1, 0.15) is 0 Å². The van der Waals surface area contributed by atoms with Gasteiger partial charge in [-0.05, 0) is 0 Å². The van der Waals surface area contributed by atoms with Gasteiger partial charge < -0.3 is 0 Å². The zero-order valence-electron chi connectivity index (χ0n) is 32.5. The van der Waals surface area contributed by atoms with Gasteiger partial charge in [-0.2, -0.15) is 0 Å². The number of rotatable bonds is 15. The number of H-pyrrole nitrogens is 1. The molecule has 0 radical (unpaired) electrons. The third kappa shape index (κ3) is 8.11. The molecule has 7 aromatic rings. The molecule has 0 amide bonds. The third-order valence-corrected chi connectivity index (χ3v) is 17.1. The molecule has 296 valence electrons. The molecule has 1 saturated heterocycles. The summed E-state index contributed by atoms with van der Waals surface area (Å²) in [5, 5.41) is 2.05. The molecule has 0 aliphatic carbocycles. The first-order valence-corrected chi connectivity index (χ1v) is 23.3. The van der Waals surface area contributed by atoms with E-state index in [0.29, 0.717) is 0 Å². The molecular formula is C49H44N2O6SeSi. The van der Waals surface area contributed by atoms with Crippen LogP contribution in [0, 0.1) is 0 Å². The first kappa shape index (κ1) is 40.0. The SMILES string of the molecule is C=C[Si](O[C@H]1[C@@H]([Se]c2ccccc2)[C@H](n2ccc(=O)[nH]c2=O)O[C@@H]1COC(c1ccccc1)(c1ccccc1)c1ccc(OC)cc1)(c1ccccc1)c1ccccc1. The molecule has 8 nitrogen and oxygen atoms in total. The normalized spacial score (nSPS) is 18.0. The molecular weight excluding hydrogens is 820 g/mol. The number of aromatic nitrogens is 2. The number of methoxy groups -OCH3 is 1. The van der Waals surface area contributed by atoms with Crippen molar-refractivity contribution in [2.45, 2.75) is 28.9 Å². The van der Waals surface area contributed by atoms with Crippen LogP contribution in [0.25, 0.3) is 0 Å². The summed E-state index contributed by atoms with van der Waals surface area (Å²) in [5.74, 6) is 0.726. The van der Waals surface area contributed by atoms with Crippen molar-refractivity contribution in [2.24, 2.45) is 0 Å². The van der Waals surface area contributed by atoms with Crippen molar-refractivity contribution in [3.8, 4) is 5.75 Å². The fourth-order valence-electron chi connectivity index (χ4n) is 7.92. The van der Waals surface area contributed by atoms with Crippen LogP contribution in [-0.4, -0.2) is 58.7 Å². The summed E-state index contributed by atoms with van der Waals surface area (Å²) in [6.07, 6.45) is -0.587. The van der Waals surface area contributed by atoms with Gasteiger partial charge in [0, 0.05) is 0 Å². The average Bonchev–Trinajstić information content (AvgIpc) is 3.62. The van der Waals surface area contributed by atoms with Crippen LogP contribution in [0.5, 0.6) is 5.75 Å². The molecule has 4 atom stereocenters. The number of hydrogen-bond donors (Lipinski definition) is 1. The molecule has 59 heavy (non-hydrogen) atoms. The van der Waals surface area contributed by atoms with Crippen LogP contribution < -0.4 is 30.8 Å². The Kier molecular flexibility index (Phi) is 12.2. The maximum atomic E-state index is 13.7. The molecule has 0 saturated carbocycles. The summed E-state index contributed by atoms with van der Waals surface area (Å²) < 4.78 is 30.6. The molecule has 0 spiro atoms. The summed E-state index contributed by atoms with van der Waals surface area (Å²) in [7, 11) is -1.59. The van der Waals surface area contributed by atoms with Crippen LogP contribution >= 0.6 is 0 Å². The number of nitrogens with one attached hydrogen (secondary N) is 1. The van der Waals surface area contributed by atoms with Gasteiger partial charge in [0.2, 0.25) is 0 Å². The van der Waals surface area contributed by atoms with Crippen LogP contribution in [-0.2, 0) is 19.5 Å². The monoisotopic (exact) mass is 864 g/mol. The predicted octanol–water partition coefficient (Wildman–Crippen LogP) is 6.14. The Labute approximate surface area is 351 Å². The van der Waals surface area contributed by atoms with Crippen LogP contribution in [0.3, 0.4) is 0 Å². The van der Waals surface area contributed by atoms with Crippen LogP contribution in [0.15, 0.2) is 210 Å². The van der Waals surface area contributed by atoms with E-state index in [4.69, 9.17) is 18.6 Å². The molecule has 1 N–H and O–H groups in total. The van der Waals surface area contributed by atoms with Gasteiger partial charge in [0.05, 0.1) is 0 Å². The van der Waals surface area contributed by atoms with Gasteiger partial charge in [-0.15, -0.1) is 0 Å². The minimum atomic E-state index is -3.24. The molecule has 0 unspecified atom stereocenters.